The third-order valence-corrected chi connectivity index (χ3v) is 4.04. The summed E-state index contributed by atoms with van der Waals surface area (Å²) in [4.78, 5) is 16.3. The molecule has 23 heavy (non-hydrogen) atoms. The van der Waals surface area contributed by atoms with Crippen LogP contribution in [0.1, 0.15) is 25.2 Å². The van der Waals surface area contributed by atoms with E-state index in [0.29, 0.717) is 16.7 Å². The molecule has 124 valence electrons. The molecule has 1 fully saturated rings. The Hall–Kier alpha value is -1.63. The predicted molar refractivity (Wildman–Crippen MR) is 89.2 cm³/mol. The molecule has 3 N–H and O–H groups in total. The number of hydrogen-bond donors (Lipinski definition) is 2. The fourth-order valence-electron chi connectivity index (χ4n) is 2.63. The van der Waals surface area contributed by atoms with Crippen LogP contribution in [0.5, 0.6) is 0 Å². The third kappa shape index (κ3) is 4.43. The van der Waals surface area contributed by atoms with Crippen molar-refractivity contribution in [2.24, 2.45) is 11.7 Å². The molecule has 2 aromatic rings. The topological polar surface area (TPSA) is 94.0 Å². The quantitative estimate of drug-likeness (QED) is 0.877. The van der Waals surface area contributed by atoms with E-state index >= 15 is 0 Å². The Morgan fingerprint density at radius 2 is 2.26 bits per heavy atom. The summed E-state index contributed by atoms with van der Waals surface area (Å²) >= 11 is 5.94. The summed E-state index contributed by atoms with van der Waals surface area (Å²) in [7, 11) is 0. The van der Waals surface area contributed by atoms with Gasteiger partial charge in [-0.1, -0.05) is 28.9 Å². The van der Waals surface area contributed by atoms with Crippen LogP contribution in [-0.2, 0) is 11.3 Å². The van der Waals surface area contributed by atoms with Crippen LogP contribution in [0.25, 0.3) is 11.4 Å². The average molecular weight is 357 g/mol. The first kappa shape index (κ1) is 17.7. The number of rotatable bonds is 4. The lowest BCUT2D eigenvalue weighted by Crippen LogP contribution is -2.30. The lowest BCUT2D eigenvalue weighted by molar-refractivity contribution is -0.125. The Balaban J connectivity index is 0.00000192. The van der Waals surface area contributed by atoms with Gasteiger partial charge in [-0.05, 0) is 31.4 Å². The van der Waals surface area contributed by atoms with Crippen molar-refractivity contribution in [3.05, 3.63) is 35.2 Å². The van der Waals surface area contributed by atoms with Crippen molar-refractivity contribution in [3.8, 4) is 11.4 Å². The number of benzene rings is 1. The van der Waals surface area contributed by atoms with Gasteiger partial charge in [0.1, 0.15) is 0 Å². The zero-order valence-corrected chi connectivity index (χ0v) is 13.9. The molecule has 0 saturated heterocycles. The molecule has 6 nitrogen and oxygen atoms in total. The Labute approximate surface area is 145 Å². The van der Waals surface area contributed by atoms with Crippen molar-refractivity contribution >= 4 is 29.9 Å². The van der Waals surface area contributed by atoms with Crippen molar-refractivity contribution in [2.75, 3.05) is 0 Å². The SMILES string of the molecule is Cl.NC1CCC(C(=O)NCc2nc(-c3cccc(Cl)c3)no2)C1. The molecular weight excluding hydrogens is 339 g/mol. The van der Waals surface area contributed by atoms with Gasteiger partial charge >= 0.3 is 0 Å². The Morgan fingerprint density at radius 1 is 1.43 bits per heavy atom. The molecule has 1 amide bonds. The number of hydrogen-bond acceptors (Lipinski definition) is 5. The number of nitrogens with two attached hydrogens (primary N) is 1. The highest BCUT2D eigenvalue weighted by atomic mass is 35.5. The molecule has 1 heterocycles. The molecule has 2 atom stereocenters. The summed E-state index contributed by atoms with van der Waals surface area (Å²) in [6, 6.07) is 7.33. The van der Waals surface area contributed by atoms with Crippen LogP contribution in [0.15, 0.2) is 28.8 Å². The molecule has 0 spiro atoms. The number of nitrogens with one attached hydrogen (secondary N) is 1. The number of aromatic nitrogens is 2. The van der Waals surface area contributed by atoms with E-state index in [1.165, 1.54) is 0 Å². The van der Waals surface area contributed by atoms with E-state index in [0.717, 1.165) is 24.8 Å². The van der Waals surface area contributed by atoms with Crippen molar-refractivity contribution in [3.63, 3.8) is 0 Å². The van der Waals surface area contributed by atoms with E-state index in [2.05, 4.69) is 15.5 Å². The van der Waals surface area contributed by atoms with E-state index in [4.69, 9.17) is 21.9 Å². The van der Waals surface area contributed by atoms with Gasteiger partial charge in [-0.3, -0.25) is 4.79 Å². The van der Waals surface area contributed by atoms with E-state index in [-0.39, 0.29) is 36.8 Å². The Morgan fingerprint density at radius 3 is 2.96 bits per heavy atom. The van der Waals surface area contributed by atoms with Gasteiger partial charge < -0.3 is 15.6 Å². The zero-order chi connectivity index (χ0) is 15.5. The maximum absolute atomic E-state index is 12.0. The fraction of sp³-hybridized carbons (Fsp3) is 0.400. The minimum atomic E-state index is -0.00896. The summed E-state index contributed by atoms with van der Waals surface area (Å²) in [5.41, 5.74) is 6.59. The maximum atomic E-state index is 12.0. The fourth-order valence-corrected chi connectivity index (χ4v) is 2.82. The summed E-state index contributed by atoms with van der Waals surface area (Å²) in [6.45, 7) is 0.220. The van der Waals surface area contributed by atoms with Gasteiger partial charge in [0.2, 0.25) is 17.6 Å². The van der Waals surface area contributed by atoms with Gasteiger partial charge in [0.25, 0.3) is 0 Å². The first-order valence-electron chi connectivity index (χ1n) is 7.23. The van der Waals surface area contributed by atoms with Crippen molar-refractivity contribution in [1.82, 2.24) is 15.5 Å². The average Bonchev–Trinajstić information content (AvgIpc) is 3.14. The van der Waals surface area contributed by atoms with Crippen molar-refractivity contribution in [2.45, 2.75) is 31.8 Å². The van der Waals surface area contributed by atoms with Crippen LogP contribution in [0.2, 0.25) is 5.02 Å². The van der Waals surface area contributed by atoms with Crippen molar-refractivity contribution < 1.29 is 9.32 Å². The normalized spacial score (nSPS) is 20.1. The minimum absolute atomic E-state index is 0. The standard InChI is InChI=1S/C15H17ClN4O2.ClH/c16-11-3-1-2-9(6-11)14-19-13(22-20-14)8-18-15(21)10-4-5-12(17)7-10;/h1-3,6,10,12H,4-5,7-8,17H2,(H,18,21);1H. The molecule has 1 aromatic carbocycles. The van der Waals surface area contributed by atoms with Gasteiger partial charge in [-0.2, -0.15) is 4.98 Å². The molecule has 8 heteroatoms. The summed E-state index contributed by atoms with van der Waals surface area (Å²) in [6.07, 6.45) is 2.48. The monoisotopic (exact) mass is 356 g/mol. The second kappa shape index (κ2) is 7.77. The highest BCUT2D eigenvalue weighted by Gasteiger charge is 2.27. The van der Waals surface area contributed by atoms with Crippen LogP contribution in [-0.4, -0.2) is 22.1 Å². The summed E-state index contributed by atoms with van der Waals surface area (Å²) in [5.74, 6) is 0.807. The van der Waals surface area contributed by atoms with Crippen LogP contribution in [0.4, 0.5) is 0 Å². The lowest BCUT2D eigenvalue weighted by Gasteiger charge is -2.08. The molecule has 3 rings (SSSR count). The number of amides is 1. The van der Waals surface area contributed by atoms with Gasteiger partial charge in [0, 0.05) is 22.5 Å². The Bertz CT molecular complexity index is 677. The largest absolute Gasteiger partial charge is 0.347 e. The molecule has 1 aromatic heterocycles. The highest BCUT2D eigenvalue weighted by molar-refractivity contribution is 6.30. The van der Waals surface area contributed by atoms with Crippen LogP contribution < -0.4 is 11.1 Å². The van der Waals surface area contributed by atoms with Crippen molar-refractivity contribution in [1.29, 1.82) is 0 Å². The molecule has 0 radical (unpaired) electrons. The van der Waals surface area contributed by atoms with Gasteiger partial charge in [0.15, 0.2) is 0 Å². The van der Waals surface area contributed by atoms with E-state index in [9.17, 15) is 4.79 Å². The molecule has 1 saturated carbocycles. The van der Waals surface area contributed by atoms with E-state index in [1.807, 2.05) is 12.1 Å². The zero-order valence-electron chi connectivity index (χ0n) is 12.4. The summed E-state index contributed by atoms with van der Waals surface area (Å²) in [5, 5.41) is 7.33. The number of halogens is 2. The van der Waals surface area contributed by atoms with E-state index < -0.39 is 0 Å². The first-order chi connectivity index (χ1) is 10.6. The number of nitrogens with zero attached hydrogens (tertiary/aromatic N) is 2. The van der Waals surface area contributed by atoms with Crippen LogP contribution in [0, 0.1) is 5.92 Å². The van der Waals surface area contributed by atoms with Gasteiger partial charge in [-0.15, -0.1) is 12.4 Å². The van der Waals surface area contributed by atoms with Gasteiger partial charge in [0.05, 0.1) is 6.54 Å². The van der Waals surface area contributed by atoms with Crippen LogP contribution in [0.3, 0.4) is 0 Å². The molecule has 0 aliphatic heterocycles. The van der Waals surface area contributed by atoms with Crippen LogP contribution >= 0.6 is 24.0 Å². The smallest absolute Gasteiger partial charge is 0.246 e. The maximum Gasteiger partial charge on any atom is 0.246 e. The summed E-state index contributed by atoms with van der Waals surface area (Å²) < 4.78 is 5.15. The molecule has 1 aliphatic rings. The lowest BCUT2D eigenvalue weighted by atomic mass is 10.1. The number of carbonyl (C=O) groups is 1. The second-order valence-corrected chi connectivity index (χ2v) is 5.95. The molecule has 2 unspecified atom stereocenters. The molecule has 0 bridgehead atoms. The third-order valence-electron chi connectivity index (χ3n) is 3.81. The first-order valence-corrected chi connectivity index (χ1v) is 7.61. The van der Waals surface area contributed by atoms with E-state index in [1.54, 1.807) is 12.1 Å². The minimum Gasteiger partial charge on any atom is -0.347 e. The second-order valence-electron chi connectivity index (χ2n) is 5.51. The Kier molecular flexibility index (Phi) is 5.98. The molecular formula is C15H18Cl2N4O2. The number of carbonyl (C=O) groups excluding carboxylic acids is 1. The highest BCUT2D eigenvalue weighted by Crippen LogP contribution is 2.24. The molecule has 1 aliphatic carbocycles. The van der Waals surface area contributed by atoms with Gasteiger partial charge in [-0.25, -0.2) is 0 Å². The predicted octanol–water partition coefficient (Wildman–Crippen LogP) is 2.56.